The lowest BCUT2D eigenvalue weighted by Gasteiger charge is -2.06. The van der Waals surface area contributed by atoms with E-state index >= 15 is 0 Å². The Balaban J connectivity index is 4.02. The van der Waals surface area contributed by atoms with E-state index in [1.165, 1.54) is 6.08 Å². The number of carbonyl (C=O) groups is 2. The minimum Gasteiger partial charge on any atom is -0.449 e. The molecule has 0 fully saturated rings. The fourth-order valence-electron chi connectivity index (χ4n) is 0.633. The average Bonchev–Trinajstić information content (AvgIpc) is 1.98. The summed E-state index contributed by atoms with van der Waals surface area (Å²) >= 11 is 0. The molecule has 0 aromatic heterocycles. The molecule has 0 aliphatic rings. The van der Waals surface area contributed by atoms with Gasteiger partial charge in [0.05, 0.1) is 5.92 Å². The summed E-state index contributed by atoms with van der Waals surface area (Å²) in [5, 5.41) is 16.5. The van der Waals surface area contributed by atoms with Crippen LogP contribution in [0.15, 0.2) is 12.7 Å². The van der Waals surface area contributed by atoms with Crippen LogP contribution in [0.5, 0.6) is 0 Å². The number of aliphatic hydroxyl groups is 1. The number of ether oxygens (including phenoxy) is 1. The van der Waals surface area contributed by atoms with Crippen LogP contribution < -0.4 is 0 Å². The SMILES string of the molecule is C=CC(CCO)C(=O)OC(=O)O. The number of hydrogen-bond acceptors (Lipinski definition) is 4. The fourth-order valence-corrected chi connectivity index (χ4v) is 0.633. The van der Waals surface area contributed by atoms with Gasteiger partial charge in [-0.2, -0.15) is 0 Å². The molecule has 0 saturated carbocycles. The van der Waals surface area contributed by atoms with Crippen molar-refractivity contribution in [3.63, 3.8) is 0 Å². The molecule has 0 saturated heterocycles. The Hall–Kier alpha value is -1.36. The second-order valence-electron chi connectivity index (χ2n) is 2.04. The number of rotatable bonds is 4. The van der Waals surface area contributed by atoms with Gasteiger partial charge in [-0.05, 0) is 6.42 Å². The Bertz CT molecular complexity index is 186. The maximum Gasteiger partial charge on any atom is 0.513 e. The summed E-state index contributed by atoms with van der Waals surface area (Å²) in [7, 11) is 0. The van der Waals surface area contributed by atoms with Crippen molar-refractivity contribution in [3.8, 4) is 0 Å². The summed E-state index contributed by atoms with van der Waals surface area (Å²) in [6, 6.07) is 0. The Labute approximate surface area is 69.3 Å². The monoisotopic (exact) mass is 174 g/mol. The van der Waals surface area contributed by atoms with Crippen LogP contribution in [0.1, 0.15) is 6.42 Å². The van der Waals surface area contributed by atoms with Crippen molar-refractivity contribution in [2.75, 3.05) is 6.61 Å². The first-order chi connectivity index (χ1) is 5.61. The topological polar surface area (TPSA) is 83.8 Å². The molecule has 0 aromatic rings. The van der Waals surface area contributed by atoms with E-state index in [1.807, 2.05) is 0 Å². The van der Waals surface area contributed by atoms with Gasteiger partial charge in [0.15, 0.2) is 0 Å². The van der Waals surface area contributed by atoms with Gasteiger partial charge in [-0.15, -0.1) is 6.58 Å². The maximum absolute atomic E-state index is 10.8. The Morgan fingerprint density at radius 1 is 1.58 bits per heavy atom. The van der Waals surface area contributed by atoms with Gasteiger partial charge < -0.3 is 14.9 Å². The molecule has 0 rings (SSSR count). The summed E-state index contributed by atoms with van der Waals surface area (Å²) in [4.78, 5) is 20.7. The van der Waals surface area contributed by atoms with Crippen molar-refractivity contribution >= 4 is 12.1 Å². The molecule has 0 bridgehead atoms. The van der Waals surface area contributed by atoms with Gasteiger partial charge in [-0.25, -0.2) is 4.79 Å². The summed E-state index contributed by atoms with van der Waals surface area (Å²) in [6.07, 6.45) is -0.290. The van der Waals surface area contributed by atoms with Crippen molar-refractivity contribution in [2.24, 2.45) is 5.92 Å². The number of carboxylic acid groups (broad SMARTS) is 1. The average molecular weight is 174 g/mol. The zero-order chi connectivity index (χ0) is 9.56. The van der Waals surface area contributed by atoms with Crippen LogP contribution in [0.2, 0.25) is 0 Å². The molecule has 68 valence electrons. The predicted octanol–water partition coefficient (Wildman–Crippen LogP) is 0.392. The third-order valence-corrected chi connectivity index (χ3v) is 1.22. The quantitative estimate of drug-likeness (QED) is 0.366. The van der Waals surface area contributed by atoms with Crippen molar-refractivity contribution < 1.29 is 24.5 Å². The smallest absolute Gasteiger partial charge is 0.449 e. The second-order valence-corrected chi connectivity index (χ2v) is 2.04. The largest absolute Gasteiger partial charge is 0.513 e. The fraction of sp³-hybridized carbons (Fsp3) is 0.429. The zero-order valence-electron chi connectivity index (χ0n) is 6.40. The van der Waals surface area contributed by atoms with E-state index in [2.05, 4.69) is 11.3 Å². The highest BCUT2D eigenvalue weighted by molar-refractivity contribution is 5.83. The predicted molar refractivity (Wildman–Crippen MR) is 39.5 cm³/mol. The first kappa shape index (κ1) is 10.6. The van der Waals surface area contributed by atoms with Gasteiger partial charge >= 0.3 is 12.1 Å². The van der Waals surface area contributed by atoms with E-state index in [1.54, 1.807) is 0 Å². The molecule has 0 spiro atoms. The van der Waals surface area contributed by atoms with E-state index in [9.17, 15) is 9.59 Å². The van der Waals surface area contributed by atoms with E-state index in [4.69, 9.17) is 10.2 Å². The number of aliphatic hydroxyl groups excluding tert-OH is 1. The zero-order valence-corrected chi connectivity index (χ0v) is 6.40. The van der Waals surface area contributed by atoms with Crippen LogP contribution in [-0.2, 0) is 9.53 Å². The van der Waals surface area contributed by atoms with Crippen molar-refractivity contribution in [1.82, 2.24) is 0 Å². The van der Waals surface area contributed by atoms with Gasteiger partial charge in [0, 0.05) is 6.61 Å². The molecule has 1 atom stereocenters. The van der Waals surface area contributed by atoms with Gasteiger partial charge in [0.1, 0.15) is 0 Å². The first-order valence-electron chi connectivity index (χ1n) is 3.29. The first-order valence-corrected chi connectivity index (χ1v) is 3.29. The lowest BCUT2D eigenvalue weighted by atomic mass is 10.1. The van der Waals surface area contributed by atoms with Gasteiger partial charge in [-0.1, -0.05) is 6.08 Å². The standard InChI is InChI=1S/C7H10O5/c1-2-5(3-4-8)6(9)12-7(10)11/h2,5,8H,1,3-4H2,(H,10,11). The Morgan fingerprint density at radius 2 is 2.17 bits per heavy atom. The molecule has 12 heavy (non-hydrogen) atoms. The molecule has 1 unspecified atom stereocenters. The van der Waals surface area contributed by atoms with Crippen LogP contribution >= 0.6 is 0 Å². The highest BCUT2D eigenvalue weighted by atomic mass is 16.7. The normalized spacial score (nSPS) is 11.8. The van der Waals surface area contributed by atoms with Crippen LogP contribution in [0.4, 0.5) is 4.79 Å². The number of hydrogen-bond donors (Lipinski definition) is 2. The molecule has 0 radical (unpaired) electrons. The molecule has 0 heterocycles. The van der Waals surface area contributed by atoms with E-state index < -0.39 is 18.0 Å². The van der Waals surface area contributed by atoms with E-state index in [0.717, 1.165) is 0 Å². The highest BCUT2D eigenvalue weighted by Crippen LogP contribution is 2.06. The van der Waals surface area contributed by atoms with Crippen molar-refractivity contribution in [3.05, 3.63) is 12.7 Å². The molecule has 2 N–H and O–H groups in total. The minimum atomic E-state index is -1.65. The number of esters is 1. The van der Waals surface area contributed by atoms with Gasteiger partial charge in [-0.3, -0.25) is 4.79 Å². The van der Waals surface area contributed by atoms with Crippen LogP contribution in [0, 0.1) is 5.92 Å². The number of carbonyl (C=O) groups excluding carboxylic acids is 1. The second kappa shape index (κ2) is 5.31. The molecular formula is C7H10O5. The highest BCUT2D eigenvalue weighted by Gasteiger charge is 2.18. The summed E-state index contributed by atoms with van der Waals surface area (Å²) < 4.78 is 3.85. The third-order valence-electron chi connectivity index (χ3n) is 1.22. The van der Waals surface area contributed by atoms with Gasteiger partial charge in [0.2, 0.25) is 0 Å². The molecule has 0 aliphatic carbocycles. The van der Waals surface area contributed by atoms with E-state index in [-0.39, 0.29) is 13.0 Å². The summed E-state index contributed by atoms with van der Waals surface area (Å²) in [5.41, 5.74) is 0. The summed E-state index contributed by atoms with van der Waals surface area (Å²) in [6.45, 7) is 3.09. The van der Waals surface area contributed by atoms with Crippen molar-refractivity contribution in [1.29, 1.82) is 0 Å². The van der Waals surface area contributed by atoms with E-state index in [0.29, 0.717) is 0 Å². The van der Waals surface area contributed by atoms with Gasteiger partial charge in [0.25, 0.3) is 0 Å². The van der Waals surface area contributed by atoms with Crippen LogP contribution in [0.25, 0.3) is 0 Å². The van der Waals surface area contributed by atoms with Crippen molar-refractivity contribution in [2.45, 2.75) is 6.42 Å². The minimum absolute atomic E-state index is 0.121. The van der Waals surface area contributed by atoms with Crippen LogP contribution in [0.3, 0.4) is 0 Å². The maximum atomic E-state index is 10.8. The molecule has 5 heteroatoms. The molecule has 0 amide bonds. The van der Waals surface area contributed by atoms with Crippen LogP contribution in [-0.4, -0.2) is 28.9 Å². The lowest BCUT2D eigenvalue weighted by molar-refractivity contribution is -0.142. The lowest BCUT2D eigenvalue weighted by Crippen LogP contribution is -2.19. The Morgan fingerprint density at radius 3 is 2.50 bits per heavy atom. The molecule has 0 aliphatic heterocycles. The summed E-state index contributed by atoms with van der Waals surface area (Å²) in [5.74, 6) is -1.67. The molecular weight excluding hydrogens is 164 g/mol. The molecule has 0 aromatic carbocycles. The Kier molecular flexibility index (Phi) is 4.71. The third kappa shape index (κ3) is 3.72. The molecule has 5 nitrogen and oxygen atoms in total.